The van der Waals surface area contributed by atoms with E-state index in [0.29, 0.717) is 32.1 Å². The maximum absolute atomic E-state index is 14.5. The van der Waals surface area contributed by atoms with E-state index in [4.69, 9.17) is 23.7 Å². The smallest absolute Gasteiger partial charge is 0.245 e. The number of nitrogens with zero attached hydrogens (tertiary/aromatic N) is 2. The van der Waals surface area contributed by atoms with Gasteiger partial charge in [-0.2, -0.15) is 0 Å². The summed E-state index contributed by atoms with van der Waals surface area (Å²) in [4.78, 5) is 60.1. The summed E-state index contributed by atoms with van der Waals surface area (Å²) < 4.78 is 31.7. The minimum absolute atomic E-state index is 0.0270. The maximum Gasteiger partial charge on any atom is 0.245 e. The third-order valence-electron chi connectivity index (χ3n) is 15.9. The molecule has 2 heterocycles. The van der Waals surface area contributed by atoms with Crippen molar-refractivity contribution >= 4 is 23.6 Å². The lowest BCUT2D eigenvalue weighted by Crippen LogP contribution is -2.59. The van der Waals surface area contributed by atoms with Gasteiger partial charge in [-0.15, -0.1) is 0 Å². The van der Waals surface area contributed by atoms with Gasteiger partial charge in [0.2, 0.25) is 23.6 Å². The Balaban J connectivity index is 1.20. The van der Waals surface area contributed by atoms with Crippen LogP contribution in [-0.2, 0) is 49.5 Å². The number of likely N-dealkylation sites (N-methyl/N-ethyl adjacent to an activating group) is 2. The second kappa shape index (κ2) is 29.2. The average Bonchev–Trinajstić information content (AvgIpc) is 3.87. The first-order chi connectivity index (χ1) is 34.5. The second-order valence-electron chi connectivity index (χ2n) is 21.8. The monoisotopic (exact) mass is 1000 g/mol. The third kappa shape index (κ3) is 16.0. The Bertz CT molecular complexity index is 1950. The molecule has 2 unspecified atom stereocenters. The molecular formula is C58H93N5O9. The van der Waals surface area contributed by atoms with Crippen molar-refractivity contribution in [2.75, 3.05) is 41.5 Å². The normalized spacial score (nSPS) is 22.6. The SMILES string of the molecule is CC[C@H](C)[C@@H]([C@@H](CC(=O)N1CCC[C@H]1[C@H](OC)[C@@H](C)C(=O)N[C@H](C)[C@@H](OC1CCCC(COCc2ccc(C3CCCCC3)cc2)O1)c1ccccc1)OC)N(C)C(=O)[C@@H](NC(=O)[C@@H](NC)C(C)C)C(C)C. The Morgan fingerprint density at radius 3 is 2.07 bits per heavy atom. The van der Waals surface area contributed by atoms with E-state index < -0.39 is 54.7 Å². The predicted octanol–water partition coefficient (Wildman–Crippen LogP) is 8.71. The summed E-state index contributed by atoms with van der Waals surface area (Å²) in [5, 5.41) is 9.36. The zero-order valence-electron chi connectivity index (χ0n) is 46.0. The molecule has 5 rings (SSSR count). The summed E-state index contributed by atoms with van der Waals surface area (Å²) in [5.41, 5.74) is 3.54. The van der Waals surface area contributed by atoms with E-state index >= 15 is 0 Å². The molecule has 14 nitrogen and oxygen atoms in total. The van der Waals surface area contributed by atoms with Crippen molar-refractivity contribution in [2.24, 2.45) is 23.7 Å². The van der Waals surface area contributed by atoms with Crippen LogP contribution in [0.2, 0.25) is 0 Å². The summed E-state index contributed by atoms with van der Waals surface area (Å²) in [6, 6.07) is 16.4. The van der Waals surface area contributed by atoms with Crippen molar-refractivity contribution in [3.8, 4) is 0 Å². The Kier molecular flexibility index (Phi) is 23.9. The maximum atomic E-state index is 14.5. The highest BCUT2D eigenvalue weighted by Gasteiger charge is 2.44. The Hall–Kier alpha value is -3.92. The zero-order valence-corrected chi connectivity index (χ0v) is 46.0. The van der Waals surface area contributed by atoms with Gasteiger partial charge in [0, 0.05) is 27.8 Å². The van der Waals surface area contributed by atoms with Gasteiger partial charge in [-0.3, -0.25) is 19.2 Å². The van der Waals surface area contributed by atoms with Gasteiger partial charge in [-0.1, -0.05) is 129 Å². The number of benzene rings is 2. The van der Waals surface area contributed by atoms with Gasteiger partial charge < -0.3 is 49.4 Å². The first-order valence-electron chi connectivity index (χ1n) is 27.4. The van der Waals surface area contributed by atoms with E-state index in [1.807, 2.05) is 76.8 Å². The highest BCUT2D eigenvalue weighted by molar-refractivity contribution is 5.90. The van der Waals surface area contributed by atoms with Crippen molar-refractivity contribution in [1.29, 1.82) is 0 Å². The van der Waals surface area contributed by atoms with Crippen LogP contribution in [0.15, 0.2) is 54.6 Å². The number of carbonyl (C=O) groups is 4. The molecule has 1 aliphatic carbocycles. The van der Waals surface area contributed by atoms with Crippen LogP contribution in [0.3, 0.4) is 0 Å². The van der Waals surface area contributed by atoms with E-state index in [1.54, 1.807) is 33.2 Å². The number of carbonyl (C=O) groups excluding carboxylic acids is 4. The topological polar surface area (TPSA) is 157 Å². The zero-order chi connectivity index (χ0) is 52.5. The van der Waals surface area contributed by atoms with Crippen LogP contribution >= 0.6 is 0 Å². The van der Waals surface area contributed by atoms with Gasteiger partial charge >= 0.3 is 0 Å². The molecule has 3 N–H and O–H groups in total. The van der Waals surface area contributed by atoms with Crippen molar-refractivity contribution in [3.05, 3.63) is 71.3 Å². The van der Waals surface area contributed by atoms with Crippen molar-refractivity contribution in [2.45, 2.75) is 206 Å². The fourth-order valence-electron chi connectivity index (χ4n) is 11.5. The second-order valence-corrected chi connectivity index (χ2v) is 21.8. The fourth-order valence-corrected chi connectivity index (χ4v) is 11.5. The van der Waals surface area contributed by atoms with Crippen LogP contribution in [0.25, 0.3) is 0 Å². The molecule has 12 atom stereocenters. The van der Waals surface area contributed by atoms with E-state index in [1.165, 1.54) is 37.7 Å². The summed E-state index contributed by atoms with van der Waals surface area (Å²) in [6.45, 7) is 17.2. The lowest BCUT2D eigenvalue weighted by Gasteiger charge is -2.41. The predicted molar refractivity (Wildman–Crippen MR) is 283 cm³/mol. The fraction of sp³-hybridized carbons (Fsp3) is 0.724. The number of rotatable bonds is 27. The summed E-state index contributed by atoms with van der Waals surface area (Å²) in [7, 11) is 6.67. The van der Waals surface area contributed by atoms with Crippen LogP contribution in [0.1, 0.15) is 161 Å². The number of amides is 4. The third-order valence-corrected chi connectivity index (χ3v) is 15.9. The quantitative estimate of drug-likeness (QED) is 0.0792. The van der Waals surface area contributed by atoms with Crippen LogP contribution < -0.4 is 16.0 Å². The van der Waals surface area contributed by atoms with Crippen molar-refractivity contribution in [3.63, 3.8) is 0 Å². The standard InChI is InChI=1S/C58H93N5O9/c1-13-39(6)53(62(10)58(67)52(38(4)5)61-57(66)51(59-9)37(2)3)48(68-11)34-49(64)63-33-21-27-47(63)54(69-12)40(7)56(65)60-41(8)55(45-24-18-15-19-25-45)72-50-28-20-26-46(71-50)36-70-35-42-29-31-44(32-30-42)43-22-16-14-17-23-43/h15,18-19,24-25,29-32,37-41,43,46-48,50-55,59H,13-14,16-17,20-23,26-28,33-36H2,1-12H3,(H,60,65)(H,61,66)/t39-,40+,41+,46?,47-,48+,50?,51-,52-,53-,54+,55+/m0/s1. The van der Waals surface area contributed by atoms with Gasteiger partial charge in [0.05, 0.1) is 68.0 Å². The molecule has 0 spiro atoms. The highest BCUT2D eigenvalue weighted by Crippen LogP contribution is 2.34. The number of methoxy groups -OCH3 is 2. The van der Waals surface area contributed by atoms with Crippen LogP contribution in [0.5, 0.6) is 0 Å². The van der Waals surface area contributed by atoms with Crippen LogP contribution in [0.4, 0.5) is 0 Å². The molecule has 2 aliphatic heterocycles. The van der Waals surface area contributed by atoms with Gasteiger partial charge in [0.1, 0.15) is 12.1 Å². The summed E-state index contributed by atoms with van der Waals surface area (Å²) >= 11 is 0. The Labute approximate surface area is 433 Å². The van der Waals surface area contributed by atoms with Gasteiger partial charge in [-0.25, -0.2) is 0 Å². The molecule has 3 aliphatic rings. The lowest BCUT2D eigenvalue weighted by atomic mass is 9.84. The number of likely N-dealkylation sites (tertiary alicyclic amines) is 1. The molecule has 404 valence electrons. The average molecular weight is 1000 g/mol. The summed E-state index contributed by atoms with van der Waals surface area (Å²) in [6.07, 6.45) is 9.05. The molecule has 1 saturated carbocycles. The van der Waals surface area contributed by atoms with Crippen LogP contribution in [0, 0.1) is 23.7 Å². The van der Waals surface area contributed by atoms with Crippen molar-refractivity contribution in [1.82, 2.24) is 25.8 Å². The molecule has 3 fully saturated rings. The molecule has 0 aromatic heterocycles. The van der Waals surface area contributed by atoms with Gasteiger partial charge in [0.25, 0.3) is 0 Å². The Morgan fingerprint density at radius 2 is 1.46 bits per heavy atom. The minimum atomic E-state index is -0.768. The first-order valence-corrected chi connectivity index (χ1v) is 27.4. The number of hydrogen-bond acceptors (Lipinski definition) is 10. The molecule has 0 bridgehead atoms. The number of nitrogens with one attached hydrogen (secondary N) is 3. The first kappa shape index (κ1) is 59.0. The number of hydrogen-bond donors (Lipinski definition) is 3. The van der Waals surface area contributed by atoms with Gasteiger partial charge in [0.15, 0.2) is 6.29 Å². The largest absolute Gasteiger partial charge is 0.379 e. The molecule has 2 saturated heterocycles. The molecule has 2 aromatic carbocycles. The minimum Gasteiger partial charge on any atom is -0.379 e. The molecule has 0 radical (unpaired) electrons. The Morgan fingerprint density at radius 1 is 0.778 bits per heavy atom. The van der Waals surface area contributed by atoms with E-state index in [9.17, 15) is 19.2 Å². The van der Waals surface area contributed by atoms with Gasteiger partial charge in [-0.05, 0) is 99.3 Å². The lowest BCUT2D eigenvalue weighted by molar-refractivity contribution is -0.229. The summed E-state index contributed by atoms with van der Waals surface area (Å²) in [5.74, 6) is -0.896. The highest BCUT2D eigenvalue weighted by atomic mass is 16.7. The van der Waals surface area contributed by atoms with Crippen LogP contribution in [-0.4, -0.2) is 130 Å². The molecule has 2 aromatic rings. The molecule has 4 amide bonds. The molecular weight excluding hydrogens is 911 g/mol. The van der Waals surface area contributed by atoms with E-state index in [-0.39, 0.29) is 59.9 Å². The van der Waals surface area contributed by atoms with E-state index in [2.05, 4.69) is 54.1 Å². The number of ether oxygens (including phenoxy) is 5. The van der Waals surface area contributed by atoms with E-state index in [0.717, 1.165) is 43.2 Å². The molecule has 72 heavy (non-hydrogen) atoms. The van der Waals surface area contributed by atoms with Crippen molar-refractivity contribution < 1.29 is 42.9 Å². The molecule has 14 heteroatoms.